The van der Waals surface area contributed by atoms with Gasteiger partial charge in [0.25, 0.3) is 0 Å². The largest absolute Gasteiger partial charge is 0.394 e. The first-order chi connectivity index (χ1) is 12.8. The highest BCUT2D eigenvalue weighted by atomic mass is 16.7. The molecule has 0 aromatic carbocycles. The van der Waals surface area contributed by atoms with Gasteiger partial charge in [0.2, 0.25) is 0 Å². The average molecular weight is 406 g/mol. The van der Waals surface area contributed by atoms with E-state index in [1.165, 1.54) is 19.1 Å². The summed E-state index contributed by atoms with van der Waals surface area (Å²) in [7, 11) is 0. The molecule has 9 heteroatoms. The summed E-state index contributed by atoms with van der Waals surface area (Å²) in [4.78, 5) is 0. The standard InChI is InChI=1S/C19H34O9/c1-10(27-16-15(24)14(23)13(22)12(9-20)28-16)5-6-19(26)17(2,3)7-11(21)8-18(19,4)25/h5-6,10-16,20-26H,7-9H2,1-4H3/b6-5+/t10-,11-,12+,13+,14-,15+,16+,18+,19+/m0/s1. The van der Waals surface area contributed by atoms with Gasteiger partial charge in [0.05, 0.1) is 24.4 Å². The van der Waals surface area contributed by atoms with Crippen LogP contribution in [0.25, 0.3) is 0 Å². The van der Waals surface area contributed by atoms with E-state index in [2.05, 4.69) is 0 Å². The maximum atomic E-state index is 11.2. The fraction of sp³-hybridized carbons (Fsp3) is 0.895. The number of ether oxygens (including phenoxy) is 2. The zero-order valence-electron chi connectivity index (χ0n) is 16.8. The highest BCUT2D eigenvalue weighted by Crippen LogP contribution is 2.50. The summed E-state index contributed by atoms with van der Waals surface area (Å²) in [5, 5.41) is 70.9. The molecule has 1 saturated heterocycles. The van der Waals surface area contributed by atoms with Crippen LogP contribution in [0.5, 0.6) is 0 Å². The number of rotatable bonds is 5. The van der Waals surface area contributed by atoms with Crippen molar-refractivity contribution in [1.82, 2.24) is 0 Å². The fourth-order valence-corrected chi connectivity index (χ4v) is 4.28. The molecule has 2 aliphatic rings. The highest BCUT2D eigenvalue weighted by Gasteiger charge is 2.58. The molecule has 9 atom stereocenters. The number of hydrogen-bond acceptors (Lipinski definition) is 9. The molecular weight excluding hydrogens is 372 g/mol. The monoisotopic (exact) mass is 406 g/mol. The van der Waals surface area contributed by atoms with Crippen LogP contribution in [0.15, 0.2) is 12.2 Å². The summed E-state index contributed by atoms with van der Waals surface area (Å²) in [6.07, 6.45) is -5.14. The highest BCUT2D eigenvalue weighted by molar-refractivity contribution is 5.21. The number of hydrogen-bond donors (Lipinski definition) is 7. The molecule has 0 aromatic heterocycles. The molecule has 0 spiro atoms. The van der Waals surface area contributed by atoms with Gasteiger partial charge in [-0.05, 0) is 20.3 Å². The summed E-state index contributed by atoms with van der Waals surface area (Å²) >= 11 is 0. The van der Waals surface area contributed by atoms with Gasteiger partial charge in [-0.1, -0.05) is 26.0 Å². The lowest BCUT2D eigenvalue weighted by atomic mass is 9.57. The smallest absolute Gasteiger partial charge is 0.187 e. The topological polar surface area (TPSA) is 160 Å². The van der Waals surface area contributed by atoms with E-state index in [4.69, 9.17) is 9.47 Å². The third-order valence-electron chi connectivity index (χ3n) is 6.04. The third kappa shape index (κ3) is 4.28. The molecule has 1 saturated carbocycles. The van der Waals surface area contributed by atoms with E-state index in [0.717, 1.165) is 0 Å². The normalized spacial score (nSPS) is 48.0. The van der Waals surface area contributed by atoms with Crippen LogP contribution in [0.2, 0.25) is 0 Å². The Labute approximate surface area is 164 Å². The predicted octanol–water partition coefficient (Wildman–Crippen LogP) is -1.59. The van der Waals surface area contributed by atoms with Crippen molar-refractivity contribution in [2.75, 3.05) is 6.61 Å². The minimum Gasteiger partial charge on any atom is -0.394 e. The maximum absolute atomic E-state index is 11.2. The van der Waals surface area contributed by atoms with Crippen LogP contribution in [0.4, 0.5) is 0 Å². The zero-order valence-corrected chi connectivity index (χ0v) is 16.8. The Hall–Kier alpha value is -0.620. The van der Waals surface area contributed by atoms with Crippen LogP contribution in [0.3, 0.4) is 0 Å². The van der Waals surface area contributed by atoms with Crippen molar-refractivity contribution in [2.45, 2.75) is 94.7 Å². The van der Waals surface area contributed by atoms with Crippen LogP contribution in [0.1, 0.15) is 40.5 Å². The van der Waals surface area contributed by atoms with Crippen LogP contribution >= 0.6 is 0 Å². The summed E-state index contributed by atoms with van der Waals surface area (Å²) < 4.78 is 10.9. The molecular formula is C19H34O9. The summed E-state index contributed by atoms with van der Waals surface area (Å²) in [6.45, 7) is 6.01. The van der Waals surface area contributed by atoms with Gasteiger partial charge in [-0.25, -0.2) is 0 Å². The molecule has 1 aliphatic carbocycles. The lowest BCUT2D eigenvalue weighted by molar-refractivity contribution is -0.306. The maximum Gasteiger partial charge on any atom is 0.187 e. The molecule has 0 amide bonds. The molecule has 7 N–H and O–H groups in total. The SMILES string of the molecule is C[C@@H](/C=C/[C@@]1(O)C(C)(C)C[C@H](O)C[C@@]1(C)O)O[C@@H]1O[C@H](CO)[C@@H](O)[C@H](O)[C@H]1O. The van der Waals surface area contributed by atoms with Crippen LogP contribution in [0, 0.1) is 5.41 Å². The van der Waals surface area contributed by atoms with Gasteiger partial charge in [0.1, 0.15) is 30.0 Å². The van der Waals surface area contributed by atoms with Crippen molar-refractivity contribution < 1.29 is 45.2 Å². The van der Waals surface area contributed by atoms with Crippen LogP contribution in [-0.4, -0.2) is 96.5 Å². The van der Waals surface area contributed by atoms with Crippen molar-refractivity contribution in [3.63, 3.8) is 0 Å². The molecule has 1 aliphatic heterocycles. The van der Waals surface area contributed by atoms with E-state index >= 15 is 0 Å². The lowest BCUT2D eigenvalue weighted by Gasteiger charge is -2.55. The molecule has 2 rings (SSSR count). The molecule has 28 heavy (non-hydrogen) atoms. The van der Waals surface area contributed by atoms with Crippen molar-refractivity contribution in [2.24, 2.45) is 5.41 Å². The molecule has 1 heterocycles. The third-order valence-corrected chi connectivity index (χ3v) is 6.04. The van der Waals surface area contributed by atoms with E-state index in [1.807, 2.05) is 0 Å². The molecule has 0 radical (unpaired) electrons. The molecule has 164 valence electrons. The first kappa shape index (κ1) is 23.7. The second-order valence-corrected chi connectivity index (χ2v) is 8.88. The minimum absolute atomic E-state index is 0.0131. The minimum atomic E-state index is -1.65. The lowest BCUT2D eigenvalue weighted by Crippen LogP contribution is -2.65. The van der Waals surface area contributed by atoms with Gasteiger partial charge < -0.3 is 45.2 Å². The molecule has 2 fully saturated rings. The first-order valence-electron chi connectivity index (χ1n) is 9.54. The Morgan fingerprint density at radius 3 is 2.18 bits per heavy atom. The van der Waals surface area contributed by atoms with Gasteiger partial charge in [-0.15, -0.1) is 0 Å². The van der Waals surface area contributed by atoms with E-state index in [-0.39, 0.29) is 6.42 Å². The van der Waals surface area contributed by atoms with Gasteiger partial charge in [0.15, 0.2) is 6.29 Å². The Morgan fingerprint density at radius 1 is 1.04 bits per heavy atom. The summed E-state index contributed by atoms with van der Waals surface area (Å²) in [6, 6.07) is 0. The zero-order chi connectivity index (χ0) is 21.5. The van der Waals surface area contributed by atoms with E-state index in [0.29, 0.717) is 6.42 Å². The van der Waals surface area contributed by atoms with Gasteiger partial charge in [-0.3, -0.25) is 0 Å². The Morgan fingerprint density at radius 2 is 1.64 bits per heavy atom. The van der Waals surface area contributed by atoms with Crippen molar-refractivity contribution in [3.05, 3.63) is 12.2 Å². The van der Waals surface area contributed by atoms with Gasteiger partial charge in [0, 0.05) is 11.8 Å². The molecule has 0 unspecified atom stereocenters. The van der Waals surface area contributed by atoms with Crippen molar-refractivity contribution >= 4 is 0 Å². The Balaban J connectivity index is 2.13. The molecule has 9 nitrogen and oxygen atoms in total. The van der Waals surface area contributed by atoms with Gasteiger partial charge in [-0.2, -0.15) is 0 Å². The first-order valence-corrected chi connectivity index (χ1v) is 9.54. The number of aliphatic hydroxyl groups is 7. The number of aliphatic hydroxyl groups excluding tert-OH is 5. The van der Waals surface area contributed by atoms with E-state index in [9.17, 15) is 35.7 Å². The Kier molecular flexibility index (Phi) is 6.97. The van der Waals surface area contributed by atoms with Crippen LogP contribution < -0.4 is 0 Å². The summed E-state index contributed by atoms with van der Waals surface area (Å²) in [5.74, 6) is 0. The predicted molar refractivity (Wildman–Crippen MR) is 98.0 cm³/mol. The van der Waals surface area contributed by atoms with Crippen molar-refractivity contribution in [1.29, 1.82) is 0 Å². The van der Waals surface area contributed by atoms with Crippen LogP contribution in [-0.2, 0) is 9.47 Å². The van der Waals surface area contributed by atoms with E-state index < -0.39 is 66.1 Å². The van der Waals surface area contributed by atoms with Crippen molar-refractivity contribution in [3.8, 4) is 0 Å². The average Bonchev–Trinajstić information content (AvgIpc) is 2.57. The molecule has 0 aromatic rings. The molecule has 0 bridgehead atoms. The second kappa shape index (κ2) is 8.25. The fourth-order valence-electron chi connectivity index (χ4n) is 4.28. The second-order valence-electron chi connectivity index (χ2n) is 8.88. The quantitative estimate of drug-likeness (QED) is 0.267. The van der Waals surface area contributed by atoms with E-state index in [1.54, 1.807) is 20.8 Å². The summed E-state index contributed by atoms with van der Waals surface area (Å²) in [5.41, 5.74) is -4.05. The Bertz CT molecular complexity index is 542. The van der Waals surface area contributed by atoms with Gasteiger partial charge >= 0.3 is 0 Å².